The number of rotatable bonds is 10. The molecule has 8 nitrogen and oxygen atoms in total. The summed E-state index contributed by atoms with van der Waals surface area (Å²) in [6.45, 7) is 0.223. The third-order valence-corrected chi connectivity index (χ3v) is 5.83. The van der Waals surface area contributed by atoms with Gasteiger partial charge in [-0.05, 0) is 22.3 Å². The van der Waals surface area contributed by atoms with Crippen LogP contribution in [0.3, 0.4) is 0 Å². The largest absolute Gasteiger partial charge is 0.479 e. The molecule has 0 spiro atoms. The Morgan fingerprint density at radius 3 is 2.23 bits per heavy atom. The van der Waals surface area contributed by atoms with Gasteiger partial charge in [-0.1, -0.05) is 48.5 Å². The lowest BCUT2D eigenvalue weighted by Gasteiger charge is -2.14. The normalized spacial score (nSPS) is 13.1. The summed E-state index contributed by atoms with van der Waals surface area (Å²) in [6, 6.07) is 16.2. The maximum Gasteiger partial charge on any atom is 0.407 e. The molecule has 1 aliphatic rings. The monoisotopic (exact) mass is 444 g/mol. The fourth-order valence-corrected chi connectivity index (χ4v) is 4.07. The molecule has 1 atom stereocenters. The fraction of sp³-hybridized carbons (Fsp3) is 0.318. The minimum atomic E-state index is -1.62. The summed E-state index contributed by atoms with van der Waals surface area (Å²) in [5.74, 6) is -1.19. The predicted octanol–water partition coefficient (Wildman–Crippen LogP) is 1.82. The lowest BCUT2D eigenvalue weighted by molar-refractivity contribution is -0.146. The van der Waals surface area contributed by atoms with Crippen molar-refractivity contribution in [3.63, 3.8) is 0 Å². The number of carboxylic acid groups (broad SMARTS) is 1. The summed E-state index contributed by atoms with van der Waals surface area (Å²) in [5.41, 5.74) is 4.62. The zero-order chi connectivity index (χ0) is 22.2. The molecule has 0 unspecified atom stereocenters. The molecule has 2 aromatic carbocycles. The van der Waals surface area contributed by atoms with Gasteiger partial charge in [-0.25, -0.2) is 9.59 Å². The Bertz CT molecular complexity index is 906. The van der Waals surface area contributed by atoms with E-state index in [0.29, 0.717) is 12.3 Å². The number of hydrogen-bond donors (Lipinski definition) is 4. The molecule has 4 N–H and O–H groups in total. The molecule has 2 aromatic rings. The van der Waals surface area contributed by atoms with Crippen LogP contribution < -0.4 is 10.6 Å². The minimum absolute atomic E-state index is 0.00243. The van der Waals surface area contributed by atoms with E-state index in [1.807, 2.05) is 24.3 Å². The summed E-state index contributed by atoms with van der Waals surface area (Å²) in [6.07, 6.45) is -2.14. The highest BCUT2D eigenvalue weighted by molar-refractivity contribution is 7.99. The van der Waals surface area contributed by atoms with Crippen molar-refractivity contribution in [1.82, 2.24) is 10.6 Å². The van der Waals surface area contributed by atoms with Gasteiger partial charge < -0.3 is 25.6 Å². The second kappa shape index (κ2) is 10.8. The number of thioether (sulfide) groups is 1. The van der Waals surface area contributed by atoms with Gasteiger partial charge in [-0.2, -0.15) is 11.8 Å². The molecule has 0 bridgehead atoms. The summed E-state index contributed by atoms with van der Waals surface area (Å²) in [4.78, 5) is 34.1. The molecule has 0 saturated heterocycles. The first-order valence-electron chi connectivity index (χ1n) is 9.81. The standard InChI is InChI=1S/C22H24N2O6S/c25-19(21(27)28)11-24-20(26)13-31-10-9-23-22(29)30-12-18-16-7-3-1-5-14(16)15-6-2-4-8-17(15)18/h1-8,18-19,25H,9-13H2,(H,23,29)(H,24,26)(H,27,28)/t19-/m0/s1. The van der Waals surface area contributed by atoms with E-state index in [9.17, 15) is 14.4 Å². The van der Waals surface area contributed by atoms with Gasteiger partial charge in [0.15, 0.2) is 6.10 Å². The van der Waals surface area contributed by atoms with Gasteiger partial charge in [0.05, 0.1) is 12.3 Å². The molecule has 2 amide bonds. The van der Waals surface area contributed by atoms with Crippen LogP contribution in [0.4, 0.5) is 4.79 Å². The van der Waals surface area contributed by atoms with Crippen LogP contribution in [-0.2, 0) is 14.3 Å². The predicted molar refractivity (Wildman–Crippen MR) is 117 cm³/mol. The van der Waals surface area contributed by atoms with E-state index in [4.69, 9.17) is 14.9 Å². The van der Waals surface area contributed by atoms with E-state index in [-0.39, 0.29) is 30.7 Å². The van der Waals surface area contributed by atoms with E-state index in [1.54, 1.807) is 0 Å². The molecule has 9 heteroatoms. The Balaban J connectivity index is 1.36. The van der Waals surface area contributed by atoms with Crippen molar-refractivity contribution in [2.24, 2.45) is 0 Å². The van der Waals surface area contributed by atoms with Crippen molar-refractivity contribution in [2.75, 3.05) is 31.2 Å². The van der Waals surface area contributed by atoms with Crippen LogP contribution in [-0.4, -0.2) is 65.5 Å². The molecule has 0 aromatic heterocycles. The third-order valence-electron chi connectivity index (χ3n) is 4.87. The van der Waals surface area contributed by atoms with Crippen molar-refractivity contribution in [1.29, 1.82) is 0 Å². The van der Waals surface area contributed by atoms with Gasteiger partial charge in [0, 0.05) is 18.2 Å². The summed E-state index contributed by atoms with van der Waals surface area (Å²) in [7, 11) is 0. The number of alkyl carbamates (subject to hydrolysis) is 1. The second-order valence-electron chi connectivity index (χ2n) is 6.96. The van der Waals surface area contributed by atoms with Gasteiger partial charge in [0.25, 0.3) is 0 Å². The van der Waals surface area contributed by atoms with Crippen LogP contribution in [0.1, 0.15) is 17.0 Å². The molecular formula is C22H24N2O6S. The van der Waals surface area contributed by atoms with Crippen LogP contribution in [0.2, 0.25) is 0 Å². The Morgan fingerprint density at radius 2 is 1.61 bits per heavy atom. The molecule has 0 saturated carbocycles. The van der Waals surface area contributed by atoms with E-state index < -0.39 is 18.2 Å². The number of ether oxygens (including phenoxy) is 1. The van der Waals surface area contributed by atoms with Crippen LogP contribution in [0.25, 0.3) is 11.1 Å². The number of amides is 2. The van der Waals surface area contributed by atoms with Gasteiger partial charge in [-0.3, -0.25) is 4.79 Å². The molecule has 0 heterocycles. The van der Waals surface area contributed by atoms with Crippen LogP contribution >= 0.6 is 11.8 Å². The lowest BCUT2D eigenvalue weighted by atomic mass is 9.98. The van der Waals surface area contributed by atoms with Gasteiger partial charge >= 0.3 is 12.1 Å². The molecule has 3 rings (SSSR count). The van der Waals surface area contributed by atoms with Gasteiger partial charge in [0.2, 0.25) is 5.91 Å². The average molecular weight is 445 g/mol. The van der Waals surface area contributed by atoms with E-state index in [0.717, 1.165) is 22.3 Å². The minimum Gasteiger partial charge on any atom is -0.479 e. The highest BCUT2D eigenvalue weighted by atomic mass is 32.2. The number of carbonyl (C=O) groups is 3. The van der Waals surface area contributed by atoms with Gasteiger partial charge in [-0.15, -0.1) is 0 Å². The number of carboxylic acids is 1. The highest BCUT2D eigenvalue weighted by Gasteiger charge is 2.28. The van der Waals surface area contributed by atoms with Crippen molar-refractivity contribution in [2.45, 2.75) is 12.0 Å². The summed E-state index contributed by atoms with van der Waals surface area (Å²) in [5, 5.41) is 22.6. The summed E-state index contributed by atoms with van der Waals surface area (Å²) < 4.78 is 5.43. The molecule has 0 radical (unpaired) electrons. The van der Waals surface area contributed by atoms with Crippen molar-refractivity contribution >= 4 is 29.7 Å². The fourth-order valence-electron chi connectivity index (χ4n) is 3.39. The SMILES string of the molecule is O=C(CSCCNC(=O)OCC1c2ccccc2-c2ccccc21)NC[C@H](O)C(=O)O. The highest BCUT2D eigenvalue weighted by Crippen LogP contribution is 2.44. The number of aliphatic hydroxyl groups excluding tert-OH is 1. The average Bonchev–Trinajstić information content (AvgIpc) is 3.09. The smallest absolute Gasteiger partial charge is 0.407 e. The summed E-state index contributed by atoms with van der Waals surface area (Å²) >= 11 is 1.28. The first kappa shape index (κ1) is 22.6. The number of benzene rings is 2. The molecular weight excluding hydrogens is 420 g/mol. The number of nitrogens with one attached hydrogen (secondary N) is 2. The van der Waals surface area contributed by atoms with Crippen molar-refractivity contribution < 1.29 is 29.3 Å². The van der Waals surface area contributed by atoms with Crippen LogP contribution in [0.15, 0.2) is 48.5 Å². The first-order valence-corrected chi connectivity index (χ1v) is 11.0. The van der Waals surface area contributed by atoms with E-state index >= 15 is 0 Å². The first-order chi connectivity index (χ1) is 15.0. The van der Waals surface area contributed by atoms with Gasteiger partial charge in [0.1, 0.15) is 6.61 Å². The maximum atomic E-state index is 12.1. The molecule has 164 valence electrons. The zero-order valence-electron chi connectivity index (χ0n) is 16.7. The third kappa shape index (κ3) is 5.99. The molecule has 0 fully saturated rings. The molecule has 0 aliphatic heterocycles. The van der Waals surface area contributed by atoms with E-state index in [1.165, 1.54) is 11.8 Å². The van der Waals surface area contributed by atoms with Crippen molar-refractivity contribution in [3.05, 3.63) is 59.7 Å². The number of aliphatic hydroxyl groups is 1. The second-order valence-corrected chi connectivity index (χ2v) is 8.07. The Hall–Kier alpha value is -3.04. The van der Waals surface area contributed by atoms with E-state index in [2.05, 4.69) is 34.9 Å². The maximum absolute atomic E-state index is 12.1. The number of carbonyl (C=O) groups excluding carboxylic acids is 2. The quantitative estimate of drug-likeness (QED) is 0.412. The Morgan fingerprint density at radius 1 is 1.00 bits per heavy atom. The number of hydrogen-bond acceptors (Lipinski definition) is 6. The topological polar surface area (TPSA) is 125 Å². The Kier molecular flexibility index (Phi) is 7.91. The molecule has 1 aliphatic carbocycles. The number of aliphatic carboxylic acids is 1. The van der Waals surface area contributed by atoms with Crippen molar-refractivity contribution in [3.8, 4) is 11.1 Å². The zero-order valence-corrected chi connectivity index (χ0v) is 17.6. The molecule has 31 heavy (non-hydrogen) atoms. The van der Waals surface area contributed by atoms with Crippen LogP contribution in [0, 0.1) is 0 Å². The number of fused-ring (bicyclic) bond motifs is 3. The lowest BCUT2D eigenvalue weighted by Crippen LogP contribution is -2.37. The van der Waals surface area contributed by atoms with Crippen LogP contribution in [0.5, 0.6) is 0 Å². The Labute approximate surface area is 184 Å².